The van der Waals surface area contributed by atoms with Crippen molar-refractivity contribution in [2.24, 2.45) is 0 Å². The number of fused-ring (bicyclic) bond motifs is 1. The largest absolute Gasteiger partial charge is 0.497 e. The van der Waals surface area contributed by atoms with Crippen LogP contribution in [0.3, 0.4) is 0 Å². The van der Waals surface area contributed by atoms with Gasteiger partial charge in [0.2, 0.25) is 0 Å². The van der Waals surface area contributed by atoms with Gasteiger partial charge < -0.3 is 4.74 Å². The van der Waals surface area contributed by atoms with E-state index in [2.05, 4.69) is 23.1 Å². The highest BCUT2D eigenvalue weighted by Gasteiger charge is 2.17. The quantitative estimate of drug-likeness (QED) is 0.849. The van der Waals surface area contributed by atoms with Crippen LogP contribution in [0, 0.1) is 0 Å². The summed E-state index contributed by atoms with van der Waals surface area (Å²) in [6, 6.07) is 14.4. The molecule has 0 aliphatic carbocycles. The molecule has 2 nitrogen and oxygen atoms in total. The average Bonchev–Trinajstić information content (AvgIpc) is 2.49. The van der Waals surface area contributed by atoms with Crippen LogP contribution in [0.15, 0.2) is 42.5 Å². The molecule has 0 radical (unpaired) electrons. The number of rotatable bonds is 3. The Morgan fingerprint density at radius 3 is 2.80 bits per heavy atom. The minimum atomic E-state index is 0.851. The molecule has 2 aromatic rings. The highest BCUT2D eigenvalue weighted by molar-refractivity contribution is 6.31. The van der Waals surface area contributed by atoms with Crippen molar-refractivity contribution < 1.29 is 4.74 Å². The predicted octanol–water partition coefficient (Wildman–Crippen LogP) is 3.91. The van der Waals surface area contributed by atoms with E-state index in [0.717, 1.165) is 36.8 Å². The summed E-state index contributed by atoms with van der Waals surface area (Å²) in [6.07, 6.45) is 1.09. The SMILES string of the molecule is COc1ccc2c(c1)CN(Cc1ccccc1Cl)CC2. The first-order valence-electron chi connectivity index (χ1n) is 6.88. The van der Waals surface area contributed by atoms with Gasteiger partial charge in [-0.1, -0.05) is 35.9 Å². The maximum atomic E-state index is 6.24. The van der Waals surface area contributed by atoms with E-state index < -0.39 is 0 Å². The van der Waals surface area contributed by atoms with Crippen molar-refractivity contribution in [3.05, 3.63) is 64.2 Å². The Kier molecular flexibility index (Phi) is 3.95. The van der Waals surface area contributed by atoms with Crippen molar-refractivity contribution in [1.29, 1.82) is 0 Å². The van der Waals surface area contributed by atoms with Gasteiger partial charge in [0.1, 0.15) is 5.75 Å². The van der Waals surface area contributed by atoms with Gasteiger partial charge >= 0.3 is 0 Å². The second kappa shape index (κ2) is 5.86. The number of methoxy groups -OCH3 is 1. The minimum absolute atomic E-state index is 0.851. The second-order valence-corrected chi connectivity index (χ2v) is 5.59. The second-order valence-electron chi connectivity index (χ2n) is 5.19. The van der Waals surface area contributed by atoms with Gasteiger partial charge in [-0.2, -0.15) is 0 Å². The molecular formula is C17H18ClNO. The van der Waals surface area contributed by atoms with Crippen LogP contribution in [0.2, 0.25) is 5.02 Å². The molecule has 0 N–H and O–H groups in total. The Balaban J connectivity index is 1.76. The summed E-state index contributed by atoms with van der Waals surface area (Å²) in [7, 11) is 1.71. The van der Waals surface area contributed by atoms with E-state index in [9.17, 15) is 0 Å². The standard InChI is InChI=1S/C17H18ClNO/c1-20-16-7-6-13-8-9-19(12-15(13)10-16)11-14-4-2-3-5-17(14)18/h2-7,10H,8-9,11-12H2,1H3. The normalized spacial score (nSPS) is 14.9. The molecule has 3 heteroatoms. The van der Waals surface area contributed by atoms with E-state index in [-0.39, 0.29) is 0 Å². The first kappa shape index (κ1) is 13.5. The van der Waals surface area contributed by atoms with Gasteiger partial charge in [-0.05, 0) is 41.3 Å². The van der Waals surface area contributed by atoms with Crippen molar-refractivity contribution in [1.82, 2.24) is 4.90 Å². The summed E-state index contributed by atoms with van der Waals surface area (Å²) in [5.41, 5.74) is 3.99. The smallest absolute Gasteiger partial charge is 0.119 e. The molecule has 0 atom stereocenters. The van der Waals surface area contributed by atoms with Crippen LogP contribution in [0.1, 0.15) is 16.7 Å². The van der Waals surface area contributed by atoms with Crippen LogP contribution in [0.25, 0.3) is 0 Å². The number of hydrogen-bond donors (Lipinski definition) is 0. The summed E-state index contributed by atoms with van der Waals surface area (Å²) >= 11 is 6.24. The number of nitrogens with zero attached hydrogens (tertiary/aromatic N) is 1. The molecule has 20 heavy (non-hydrogen) atoms. The number of ether oxygens (including phenoxy) is 1. The fraction of sp³-hybridized carbons (Fsp3) is 0.294. The lowest BCUT2D eigenvalue weighted by atomic mass is 9.99. The lowest BCUT2D eigenvalue weighted by molar-refractivity contribution is 0.245. The Morgan fingerprint density at radius 2 is 2.00 bits per heavy atom. The molecule has 0 bridgehead atoms. The van der Waals surface area contributed by atoms with Crippen LogP contribution in [0.5, 0.6) is 5.75 Å². The Bertz CT molecular complexity index is 612. The van der Waals surface area contributed by atoms with Gasteiger partial charge in [-0.3, -0.25) is 4.90 Å². The Hall–Kier alpha value is -1.51. The highest BCUT2D eigenvalue weighted by atomic mass is 35.5. The maximum Gasteiger partial charge on any atom is 0.119 e. The molecule has 0 amide bonds. The third-order valence-corrected chi connectivity index (χ3v) is 4.23. The topological polar surface area (TPSA) is 12.5 Å². The zero-order chi connectivity index (χ0) is 13.9. The summed E-state index contributed by atoms with van der Waals surface area (Å²) in [6.45, 7) is 2.93. The number of hydrogen-bond acceptors (Lipinski definition) is 2. The van der Waals surface area contributed by atoms with Crippen LogP contribution in [0.4, 0.5) is 0 Å². The van der Waals surface area contributed by atoms with E-state index in [1.807, 2.05) is 24.3 Å². The van der Waals surface area contributed by atoms with E-state index in [4.69, 9.17) is 16.3 Å². The van der Waals surface area contributed by atoms with Crippen molar-refractivity contribution in [3.8, 4) is 5.75 Å². The van der Waals surface area contributed by atoms with Crippen molar-refractivity contribution in [3.63, 3.8) is 0 Å². The first-order valence-corrected chi connectivity index (χ1v) is 7.25. The molecule has 0 saturated carbocycles. The Morgan fingerprint density at radius 1 is 1.15 bits per heavy atom. The average molecular weight is 288 g/mol. The van der Waals surface area contributed by atoms with Crippen LogP contribution < -0.4 is 4.74 Å². The predicted molar refractivity (Wildman–Crippen MR) is 82.3 cm³/mol. The summed E-state index contributed by atoms with van der Waals surface area (Å²) < 4.78 is 5.31. The molecule has 2 aromatic carbocycles. The molecule has 3 rings (SSSR count). The zero-order valence-electron chi connectivity index (χ0n) is 11.6. The van der Waals surface area contributed by atoms with Gasteiger partial charge in [0.15, 0.2) is 0 Å². The summed E-state index contributed by atoms with van der Waals surface area (Å²) in [5.74, 6) is 0.934. The monoisotopic (exact) mass is 287 g/mol. The fourth-order valence-electron chi connectivity index (χ4n) is 2.72. The molecule has 0 fully saturated rings. The summed E-state index contributed by atoms with van der Waals surface area (Å²) in [4.78, 5) is 2.43. The van der Waals surface area contributed by atoms with E-state index >= 15 is 0 Å². The van der Waals surface area contributed by atoms with Gasteiger partial charge in [0.25, 0.3) is 0 Å². The van der Waals surface area contributed by atoms with Gasteiger partial charge in [0.05, 0.1) is 7.11 Å². The van der Waals surface area contributed by atoms with Crippen LogP contribution in [-0.4, -0.2) is 18.6 Å². The van der Waals surface area contributed by atoms with Crippen molar-refractivity contribution >= 4 is 11.6 Å². The molecule has 0 saturated heterocycles. The lowest BCUT2D eigenvalue weighted by Crippen LogP contribution is -2.30. The van der Waals surface area contributed by atoms with Crippen LogP contribution in [-0.2, 0) is 19.5 Å². The molecule has 0 unspecified atom stereocenters. The number of benzene rings is 2. The molecule has 1 heterocycles. The highest BCUT2D eigenvalue weighted by Crippen LogP contribution is 2.26. The van der Waals surface area contributed by atoms with E-state index in [0.29, 0.717) is 0 Å². The van der Waals surface area contributed by atoms with Crippen molar-refractivity contribution in [2.45, 2.75) is 19.5 Å². The molecule has 1 aliphatic rings. The van der Waals surface area contributed by atoms with Gasteiger partial charge in [-0.15, -0.1) is 0 Å². The summed E-state index contributed by atoms with van der Waals surface area (Å²) in [5, 5.41) is 0.851. The minimum Gasteiger partial charge on any atom is -0.497 e. The van der Waals surface area contributed by atoms with Crippen molar-refractivity contribution in [2.75, 3.05) is 13.7 Å². The zero-order valence-corrected chi connectivity index (χ0v) is 12.4. The molecule has 104 valence electrons. The molecular weight excluding hydrogens is 270 g/mol. The van der Waals surface area contributed by atoms with E-state index in [1.165, 1.54) is 16.7 Å². The Labute approximate surface area is 124 Å². The lowest BCUT2D eigenvalue weighted by Gasteiger charge is -2.29. The molecule has 0 spiro atoms. The fourth-order valence-corrected chi connectivity index (χ4v) is 2.92. The van der Waals surface area contributed by atoms with E-state index in [1.54, 1.807) is 7.11 Å². The first-order chi connectivity index (χ1) is 9.76. The van der Waals surface area contributed by atoms with Crippen LogP contribution >= 0.6 is 11.6 Å². The number of halogens is 1. The third-order valence-electron chi connectivity index (χ3n) is 3.86. The van der Waals surface area contributed by atoms with Gasteiger partial charge in [-0.25, -0.2) is 0 Å². The van der Waals surface area contributed by atoms with Gasteiger partial charge in [0, 0.05) is 24.7 Å². The molecule has 0 aromatic heterocycles. The molecule has 1 aliphatic heterocycles. The third kappa shape index (κ3) is 2.82. The maximum absolute atomic E-state index is 6.24.